The molecule has 1 aliphatic rings. The zero-order chi connectivity index (χ0) is 9.97. The van der Waals surface area contributed by atoms with Crippen LogP contribution >= 0.6 is 0 Å². The van der Waals surface area contributed by atoms with Crippen molar-refractivity contribution in [2.45, 2.75) is 18.8 Å². The normalized spacial score (nSPS) is 19.8. The van der Waals surface area contributed by atoms with Gasteiger partial charge in [0.25, 0.3) is 5.56 Å². The van der Waals surface area contributed by atoms with E-state index in [9.17, 15) is 4.79 Å². The lowest BCUT2D eigenvalue weighted by atomic mass is 9.90. The topological polar surface area (TPSA) is 36.1 Å². The highest BCUT2D eigenvalue weighted by Gasteiger charge is 2.19. The number of H-pyrrole nitrogens is 1. The lowest BCUT2D eigenvalue weighted by molar-refractivity contribution is 0.254. The summed E-state index contributed by atoms with van der Waals surface area (Å²) in [7, 11) is 2.13. The van der Waals surface area contributed by atoms with Crippen molar-refractivity contribution < 1.29 is 0 Å². The Balaban J connectivity index is 2.16. The molecule has 0 bridgehead atoms. The Labute approximate surface area is 83.8 Å². The summed E-state index contributed by atoms with van der Waals surface area (Å²) in [6, 6.07) is 3.86. The summed E-state index contributed by atoms with van der Waals surface area (Å²) in [4.78, 5) is 16.6. The largest absolute Gasteiger partial charge is 0.329 e. The van der Waals surface area contributed by atoms with E-state index in [1.165, 1.54) is 0 Å². The molecule has 2 heterocycles. The average molecular weight is 192 g/mol. The number of aromatic nitrogens is 1. The van der Waals surface area contributed by atoms with Crippen molar-refractivity contribution in [2.75, 3.05) is 20.1 Å². The van der Waals surface area contributed by atoms with Crippen LogP contribution in [0.4, 0.5) is 0 Å². The fourth-order valence-electron chi connectivity index (χ4n) is 2.08. The van der Waals surface area contributed by atoms with Crippen molar-refractivity contribution in [3.63, 3.8) is 0 Å². The fourth-order valence-corrected chi connectivity index (χ4v) is 2.08. The Kier molecular flexibility index (Phi) is 2.68. The molecule has 0 radical (unpaired) electrons. The van der Waals surface area contributed by atoms with Crippen LogP contribution < -0.4 is 5.56 Å². The van der Waals surface area contributed by atoms with E-state index >= 15 is 0 Å². The number of rotatable bonds is 1. The maximum atomic E-state index is 11.5. The molecule has 1 fully saturated rings. The monoisotopic (exact) mass is 192 g/mol. The van der Waals surface area contributed by atoms with Gasteiger partial charge in [0.05, 0.1) is 0 Å². The van der Waals surface area contributed by atoms with Gasteiger partial charge in [0, 0.05) is 11.8 Å². The number of pyridine rings is 1. The maximum absolute atomic E-state index is 11.5. The zero-order valence-corrected chi connectivity index (χ0v) is 8.49. The van der Waals surface area contributed by atoms with E-state index in [1.807, 2.05) is 12.1 Å². The highest BCUT2D eigenvalue weighted by atomic mass is 16.1. The van der Waals surface area contributed by atoms with Crippen LogP contribution in [0.15, 0.2) is 23.1 Å². The Morgan fingerprint density at radius 1 is 1.43 bits per heavy atom. The lowest BCUT2D eigenvalue weighted by Gasteiger charge is -2.28. The minimum Gasteiger partial charge on any atom is -0.329 e. The third kappa shape index (κ3) is 1.87. The molecular formula is C11H16N2O. The standard InChI is InChI=1S/C11H16N2O/c1-13-7-4-9(5-8-13)10-3-2-6-12-11(10)14/h2-3,6,9H,4-5,7-8H2,1H3,(H,12,14). The van der Waals surface area contributed by atoms with Crippen LogP contribution in [-0.4, -0.2) is 30.0 Å². The summed E-state index contributed by atoms with van der Waals surface area (Å²) >= 11 is 0. The van der Waals surface area contributed by atoms with Crippen molar-refractivity contribution in [2.24, 2.45) is 0 Å². The predicted molar refractivity (Wildman–Crippen MR) is 56.5 cm³/mol. The van der Waals surface area contributed by atoms with Crippen molar-refractivity contribution in [3.8, 4) is 0 Å². The molecule has 1 aromatic rings. The van der Waals surface area contributed by atoms with Gasteiger partial charge in [0.2, 0.25) is 0 Å². The van der Waals surface area contributed by atoms with Crippen LogP contribution in [0.2, 0.25) is 0 Å². The summed E-state index contributed by atoms with van der Waals surface area (Å²) in [6.45, 7) is 2.19. The number of aromatic amines is 1. The number of nitrogens with one attached hydrogen (secondary N) is 1. The molecule has 0 amide bonds. The molecule has 0 atom stereocenters. The van der Waals surface area contributed by atoms with E-state index in [0.29, 0.717) is 5.92 Å². The second kappa shape index (κ2) is 3.96. The molecule has 0 spiro atoms. The molecule has 3 heteroatoms. The zero-order valence-electron chi connectivity index (χ0n) is 8.49. The second-order valence-corrected chi connectivity index (χ2v) is 4.03. The number of nitrogens with zero attached hydrogens (tertiary/aromatic N) is 1. The Morgan fingerprint density at radius 2 is 2.14 bits per heavy atom. The first-order valence-electron chi connectivity index (χ1n) is 5.13. The van der Waals surface area contributed by atoms with Crippen molar-refractivity contribution in [1.82, 2.24) is 9.88 Å². The number of hydrogen-bond acceptors (Lipinski definition) is 2. The van der Waals surface area contributed by atoms with Gasteiger partial charge in [-0.3, -0.25) is 4.79 Å². The smallest absolute Gasteiger partial charge is 0.251 e. The van der Waals surface area contributed by atoms with Gasteiger partial charge in [-0.15, -0.1) is 0 Å². The van der Waals surface area contributed by atoms with Gasteiger partial charge in [0.15, 0.2) is 0 Å². The first-order valence-corrected chi connectivity index (χ1v) is 5.13. The summed E-state index contributed by atoms with van der Waals surface area (Å²) in [6.07, 6.45) is 3.90. The van der Waals surface area contributed by atoms with E-state index in [1.54, 1.807) is 6.20 Å². The molecule has 0 aromatic carbocycles. The molecule has 2 rings (SSSR count). The van der Waals surface area contributed by atoms with Gasteiger partial charge < -0.3 is 9.88 Å². The van der Waals surface area contributed by atoms with E-state index < -0.39 is 0 Å². The Bertz CT molecular complexity index is 350. The van der Waals surface area contributed by atoms with Crippen LogP contribution in [0.5, 0.6) is 0 Å². The second-order valence-electron chi connectivity index (χ2n) is 4.03. The molecule has 1 N–H and O–H groups in total. The Hall–Kier alpha value is -1.09. The first kappa shape index (κ1) is 9.46. The van der Waals surface area contributed by atoms with Gasteiger partial charge >= 0.3 is 0 Å². The summed E-state index contributed by atoms with van der Waals surface area (Å²) in [5, 5.41) is 0. The molecule has 0 unspecified atom stereocenters. The van der Waals surface area contributed by atoms with Gasteiger partial charge in [-0.05, 0) is 45.0 Å². The summed E-state index contributed by atoms with van der Waals surface area (Å²) < 4.78 is 0. The molecule has 1 aromatic heterocycles. The van der Waals surface area contributed by atoms with Gasteiger partial charge in [0.1, 0.15) is 0 Å². The van der Waals surface area contributed by atoms with E-state index in [4.69, 9.17) is 0 Å². The van der Waals surface area contributed by atoms with Crippen LogP contribution in [0.1, 0.15) is 24.3 Å². The van der Waals surface area contributed by atoms with Crippen molar-refractivity contribution in [1.29, 1.82) is 0 Å². The molecule has 3 nitrogen and oxygen atoms in total. The fraction of sp³-hybridized carbons (Fsp3) is 0.545. The molecule has 14 heavy (non-hydrogen) atoms. The summed E-state index contributed by atoms with van der Waals surface area (Å²) in [5.41, 5.74) is 1.04. The SMILES string of the molecule is CN1CCC(c2ccc[nH]c2=O)CC1. The van der Waals surface area contributed by atoms with E-state index in [0.717, 1.165) is 31.5 Å². The molecule has 1 aliphatic heterocycles. The van der Waals surface area contributed by atoms with E-state index in [-0.39, 0.29) is 5.56 Å². The molecule has 0 aliphatic carbocycles. The minimum absolute atomic E-state index is 0.0852. The quantitative estimate of drug-likeness (QED) is 0.725. The predicted octanol–water partition coefficient (Wildman–Crippen LogP) is 1.18. The maximum Gasteiger partial charge on any atom is 0.251 e. The molecule has 0 saturated carbocycles. The van der Waals surface area contributed by atoms with E-state index in [2.05, 4.69) is 16.9 Å². The summed E-state index contributed by atoms with van der Waals surface area (Å²) in [5.74, 6) is 0.455. The minimum atomic E-state index is 0.0852. The van der Waals surface area contributed by atoms with Crippen LogP contribution in [0.3, 0.4) is 0 Å². The van der Waals surface area contributed by atoms with Crippen molar-refractivity contribution >= 4 is 0 Å². The van der Waals surface area contributed by atoms with Crippen LogP contribution in [0.25, 0.3) is 0 Å². The average Bonchev–Trinajstić information content (AvgIpc) is 2.20. The van der Waals surface area contributed by atoms with Gasteiger partial charge in [-0.2, -0.15) is 0 Å². The third-order valence-corrected chi connectivity index (χ3v) is 3.01. The highest BCUT2D eigenvalue weighted by molar-refractivity contribution is 5.15. The number of hydrogen-bond donors (Lipinski definition) is 1. The highest BCUT2D eigenvalue weighted by Crippen LogP contribution is 2.24. The van der Waals surface area contributed by atoms with Crippen LogP contribution in [-0.2, 0) is 0 Å². The number of piperidine rings is 1. The van der Waals surface area contributed by atoms with Crippen molar-refractivity contribution in [3.05, 3.63) is 34.2 Å². The lowest BCUT2D eigenvalue weighted by Crippen LogP contribution is -2.31. The molecule has 1 saturated heterocycles. The van der Waals surface area contributed by atoms with Gasteiger partial charge in [-0.25, -0.2) is 0 Å². The Morgan fingerprint density at radius 3 is 2.79 bits per heavy atom. The third-order valence-electron chi connectivity index (χ3n) is 3.01. The molecular weight excluding hydrogens is 176 g/mol. The van der Waals surface area contributed by atoms with Crippen LogP contribution in [0, 0.1) is 0 Å². The molecule has 76 valence electrons. The van der Waals surface area contributed by atoms with Gasteiger partial charge in [-0.1, -0.05) is 6.07 Å². The number of likely N-dealkylation sites (tertiary alicyclic amines) is 1. The first-order chi connectivity index (χ1) is 6.77.